The third-order valence-electron chi connectivity index (χ3n) is 5.17. The number of methoxy groups -OCH3 is 1. The number of hydrogen-bond donors (Lipinski definition) is 0. The maximum absolute atomic E-state index is 12.6. The van der Waals surface area contributed by atoms with Gasteiger partial charge < -0.3 is 9.47 Å². The summed E-state index contributed by atoms with van der Waals surface area (Å²) in [4.78, 5) is 41.5. The van der Waals surface area contributed by atoms with E-state index in [-0.39, 0.29) is 21.7 Å². The predicted octanol–water partition coefficient (Wildman–Crippen LogP) is 2.22. The molecule has 0 bridgehead atoms. The van der Waals surface area contributed by atoms with Crippen molar-refractivity contribution in [3.05, 3.63) is 70.9 Å². The van der Waals surface area contributed by atoms with Gasteiger partial charge in [0.1, 0.15) is 18.0 Å². The lowest BCUT2D eigenvalue weighted by Gasteiger charge is -2.16. The highest BCUT2D eigenvalue weighted by atomic mass is 32.2. The Morgan fingerprint density at radius 3 is 2.47 bits per heavy atom. The van der Waals surface area contributed by atoms with Crippen LogP contribution < -0.4 is 0 Å². The van der Waals surface area contributed by atoms with Crippen LogP contribution in [0.5, 0.6) is 0 Å². The van der Waals surface area contributed by atoms with Crippen LogP contribution in [-0.4, -0.2) is 49.2 Å². The van der Waals surface area contributed by atoms with Gasteiger partial charge in [0.15, 0.2) is 0 Å². The van der Waals surface area contributed by atoms with Gasteiger partial charge in [-0.1, -0.05) is 30.3 Å². The second-order valence-corrected chi connectivity index (χ2v) is 8.87. The van der Waals surface area contributed by atoms with Gasteiger partial charge in [0, 0.05) is 5.39 Å². The standard InChI is InChI=1S/C22H18N2O7S/c1-13-14-7-3-5-9-16(14)23-17(20(13)22(27)30-2)12-31-19(25)11-24-21(26)15-8-4-6-10-18(15)32(24,28)29/h3-10H,11-12H2,1-2H3. The number of aromatic nitrogens is 1. The van der Waals surface area contributed by atoms with E-state index in [2.05, 4.69) is 4.98 Å². The van der Waals surface area contributed by atoms with E-state index < -0.39 is 41.0 Å². The second kappa shape index (κ2) is 8.04. The summed E-state index contributed by atoms with van der Waals surface area (Å²) in [5.41, 5.74) is 1.54. The van der Waals surface area contributed by atoms with Gasteiger partial charge in [-0.05, 0) is 30.7 Å². The molecule has 1 aliphatic heterocycles. The number of pyridine rings is 1. The number of sulfonamides is 1. The Balaban J connectivity index is 1.58. The van der Waals surface area contributed by atoms with E-state index in [0.717, 1.165) is 5.39 Å². The van der Waals surface area contributed by atoms with Crippen LogP contribution in [0.4, 0.5) is 0 Å². The van der Waals surface area contributed by atoms with E-state index in [0.29, 0.717) is 15.4 Å². The van der Waals surface area contributed by atoms with Crippen LogP contribution in [0.15, 0.2) is 53.4 Å². The highest BCUT2D eigenvalue weighted by Crippen LogP contribution is 2.30. The van der Waals surface area contributed by atoms with Crippen LogP contribution >= 0.6 is 0 Å². The number of benzene rings is 2. The lowest BCUT2D eigenvalue weighted by atomic mass is 10.0. The topological polar surface area (TPSA) is 120 Å². The molecule has 0 aliphatic carbocycles. The van der Waals surface area contributed by atoms with E-state index >= 15 is 0 Å². The van der Waals surface area contributed by atoms with Crippen LogP contribution in [-0.2, 0) is 30.9 Å². The molecular weight excluding hydrogens is 436 g/mol. The lowest BCUT2D eigenvalue weighted by Crippen LogP contribution is -2.35. The van der Waals surface area contributed by atoms with Crippen molar-refractivity contribution in [2.45, 2.75) is 18.4 Å². The van der Waals surface area contributed by atoms with Crippen LogP contribution in [0.25, 0.3) is 10.9 Å². The molecule has 2 heterocycles. The molecule has 2 aromatic carbocycles. The molecule has 4 rings (SSSR count). The molecule has 0 saturated heterocycles. The summed E-state index contributed by atoms with van der Waals surface area (Å²) < 4.78 is 35.7. The molecule has 32 heavy (non-hydrogen) atoms. The van der Waals surface area contributed by atoms with Crippen molar-refractivity contribution < 1.29 is 32.3 Å². The smallest absolute Gasteiger partial charge is 0.340 e. The Hall–Kier alpha value is -3.79. The van der Waals surface area contributed by atoms with Gasteiger partial charge in [-0.3, -0.25) is 9.59 Å². The third-order valence-corrected chi connectivity index (χ3v) is 6.96. The van der Waals surface area contributed by atoms with Gasteiger partial charge in [-0.2, -0.15) is 0 Å². The summed E-state index contributed by atoms with van der Waals surface area (Å²) in [7, 11) is -2.91. The zero-order valence-corrected chi connectivity index (χ0v) is 18.0. The Labute approximate surface area is 183 Å². The molecule has 9 nitrogen and oxygen atoms in total. The normalized spacial score (nSPS) is 14.3. The molecule has 3 aromatic rings. The number of fused-ring (bicyclic) bond motifs is 2. The van der Waals surface area contributed by atoms with Crippen molar-refractivity contribution in [2.24, 2.45) is 0 Å². The quantitative estimate of drug-likeness (QED) is 0.538. The molecule has 0 N–H and O–H groups in total. The number of carbonyl (C=O) groups is 3. The first kappa shape index (κ1) is 21.4. The van der Waals surface area contributed by atoms with Crippen LogP contribution in [0.2, 0.25) is 0 Å². The minimum atomic E-state index is -4.14. The summed E-state index contributed by atoms with van der Waals surface area (Å²) in [6.45, 7) is 0.536. The molecule has 1 aromatic heterocycles. The number of para-hydroxylation sites is 1. The molecule has 164 valence electrons. The maximum atomic E-state index is 12.6. The van der Waals surface area contributed by atoms with Crippen molar-refractivity contribution in [3.8, 4) is 0 Å². The zero-order chi connectivity index (χ0) is 23.0. The monoisotopic (exact) mass is 454 g/mol. The fourth-order valence-corrected chi connectivity index (χ4v) is 5.13. The minimum Gasteiger partial charge on any atom is -0.465 e. The number of rotatable bonds is 5. The SMILES string of the molecule is COC(=O)c1c(COC(=O)CN2C(=O)c3ccccc3S2(=O)=O)nc2ccccc2c1C. The highest BCUT2D eigenvalue weighted by molar-refractivity contribution is 7.90. The highest BCUT2D eigenvalue weighted by Gasteiger charge is 2.42. The van der Waals surface area contributed by atoms with Crippen LogP contribution in [0.1, 0.15) is 32.0 Å². The molecule has 0 fully saturated rings. The first-order chi connectivity index (χ1) is 15.3. The van der Waals surface area contributed by atoms with Crippen molar-refractivity contribution in [1.29, 1.82) is 0 Å². The molecular formula is C22H18N2O7S. The largest absolute Gasteiger partial charge is 0.465 e. The molecule has 1 aliphatic rings. The minimum absolute atomic E-state index is 0.0000909. The summed E-state index contributed by atoms with van der Waals surface area (Å²) in [6, 6.07) is 12.9. The average Bonchev–Trinajstić information content (AvgIpc) is 2.98. The number of aryl methyl sites for hydroxylation is 1. The third kappa shape index (κ3) is 3.48. The number of esters is 2. The Bertz CT molecular complexity index is 1380. The summed E-state index contributed by atoms with van der Waals surface area (Å²) >= 11 is 0. The van der Waals surface area contributed by atoms with E-state index in [1.807, 2.05) is 6.07 Å². The second-order valence-electron chi connectivity index (χ2n) is 7.04. The zero-order valence-electron chi connectivity index (χ0n) is 17.2. The molecule has 0 unspecified atom stereocenters. The first-order valence-corrected chi connectivity index (χ1v) is 11.0. The fraction of sp³-hybridized carbons (Fsp3) is 0.182. The van der Waals surface area contributed by atoms with Gasteiger partial charge in [0.2, 0.25) is 0 Å². The molecule has 0 atom stereocenters. The van der Waals surface area contributed by atoms with Crippen molar-refractivity contribution in [1.82, 2.24) is 9.29 Å². The van der Waals surface area contributed by atoms with Gasteiger partial charge >= 0.3 is 11.9 Å². The van der Waals surface area contributed by atoms with Gasteiger partial charge in [0.25, 0.3) is 15.9 Å². The number of amides is 1. The van der Waals surface area contributed by atoms with E-state index in [9.17, 15) is 22.8 Å². The van der Waals surface area contributed by atoms with E-state index in [4.69, 9.17) is 9.47 Å². The molecule has 0 saturated carbocycles. The van der Waals surface area contributed by atoms with Crippen LogP contribution in [0.3, 0.4) is 0 Å². The Kier molecular flexibility index (Phi) is 5.39. The molecule has 0 radical (unpaired) electrons. The Morgan fingerprint density at radius 1 is 1.06 bits per heavy atom. The summed E-state index contributed by atoms with van der Waals surface area (Å²) in [5, 5.41) is 0.745. The fourth-order valence-electron chi connectivity index (χ4n) is 3.62. The van der Waals surface area contributed by atoms with Gasteiger partial charge in [-0.15, -0.1) is 0 Å². The first-order valence-electron chi connectivity index (χ1n) is 9.54. The van der Waals surface area contributed by atoms with Gasteiger partial charge in [0.05, 0.1) is 29.4 Å². The van der Waals surface area contributed by atoms with Crippen molar-refractivity contribution in [3.63, 3.8) is 0 Å². The summed E-state index contributed by atoms with van der Waals surface area (Å²) in [5.74, 6) is -2.40. The number of ether oxygens (including phenoxy) is 2. The molecule has 10 heteroatoms. The van der Waals surface area contributed by atoms with Crippen molar-refractivity contribution in [2.75, 3.05) is 13.7 Å². The maximum Gasteiger partial charge on any atom is 0.340 e. The molecule has 1 amide bonds. The predicted molar refractivity (Wildman–Crippen MR) is 112 cm³/mol. The Morgan fingerprint density at radius 2 is 1.75 bits per heavy atom. The number of hydrogen-bond acceptors (Lipinski definition) is 8. The van der Waals surface area contributed by atoms with Gasteiger partial charge in [-0.25, -0.2) is 22.5 Å². The lowest BCUT2D eigenvalue weighted by molar-refractivity contribution is -0.144. The summed E-state index contributed by atoms with van der Waals surface area (Å²) in [6.07, 6.45) is 0. The molecule has 0 spiro atoms. The van der Waals surface area contributed by atoms with Crippen molar-refractivity contribution >= 4 is 38.8 Å². The van der Waals surface area contributed by atoms with E-state index in [1.54, 1.807) is 25.1 Å². The number of carbonyl (C=O) groups excluding carboxylic acids is 3. The average molecular weight is 454 g/mol. The van der Waals surface area contributed by atoms with E-state index in [1.165, 1.54) is 31.4 Å². The number of nitrogens with zero attached hydrogens (tertiary/aromatic N) is 2. The van der Waals surface area contributed by atoms with Crippen LogP contribution in [0, 0.1) is 6.92 Å².